The van der Waals surface area contributed by atoms with Gasteiger partial charge in [-0.3, -0.25) is 9.59 Å². The lowest BCUT2D eigenvalue weighted by Crippen LogP contribution is -2.34. The number of hydrogen-bond acceptors (Lipinski definition) is 5. The predicted molar refractivity (Wildman–Crippen MR) is 94.4 cm³/mol. The van der Waals surface area contributed by atoms with Crippen LogP contribution in [0.15, 0.2) is 23.6 Å². The number of carbonyl (C=O) groups is 2. The van der Waals surface area contributed by atoms with E-state index >= 15 is 0 Å². The predicted octanol–water partition coefficient (Wildman–Crippen LogP) is 3.51. The van der Waals surface area contributed by atoms with Gasteiger partial charge in [0.25, 0.3) is 5.91 Å². The van der Waals surface area contributed by atoms with Crippen molar-refractivity contribution in [3.63, 3.8) is 0 Å². The molecule has 24 heavy (non-hydrogen) atoms. The van der Waals surface area contributed by atoms with Crippen LogP contribution in [-0.2, 0) is 9.59 Å². The Bertz CT molecular complexity index is 785. The van der Waals surface area contributed by atoms with Gasteiger partial charge in [0.05, 0.1) is 11.4 Å². The highest BCUT2D eigenvalue weighted by molar-refractivity contribution is 7.14. The van der Waals surface area contributed by atoms with Crippen LogP contribution in [0.1, 0.15) is 27.2 Å². The minimum absolute atomic E-state index is 0.0361. The molecule has 0 fully saturated rings. The highest BCUT2D eigenvalue weighted by Crippen LogP contribution is 2.34. The van der Waals surface area contributed by atoms with Gasteiger partial charge in [0.2, 0.25) is 5.91 Å². The summed E-state index contributed by atoms with van der Waals surface area (Å²) in [6.45, 7) is 5.70. The largest absolute Gasteiger partial charge is 0.479 e. The van der Waals surface area contributed by atoms with Gasteiger partial charge in [-0.25, -0.2) is 4.98 Å². The summed E-state index contributed by atoms with van der Waals surface area (Å²) >= 11 is 1.38. The number of rotatable bonds is 4. The molecule has 1 atom stereocenters. The van der Waals surface area contributed by atoms with Crippen LogP contribution in [0, 0.1) is 5.92 Å². The molecule has 0 spiro atoms. The van der Waals surface area contributed by atoms with E-state index < -0.39 is 6.10 Å². The molecular formula is C17H19N3O3S. The molecule has 1 aromatic carbocycles. The lowest BCUT2D eigenvalue weighted by Gasteiger charge is -2.23. The number of hydrogen-bond donors (Lipinski definition) is 2. The van der Waals surface area contributed by atoms with Crippen LogP contribution < -0.4 is 15.4 Å². The third-order valence-electron chi connectivity index (χ3n) is 3.55. The molecular weight excluding hydrogens is 326 g/mol. The van der Waals surface area contributed by atoms with Crippen LogP contribution in [0.3, 0.4) is 0 Å². The molecule has 0 bridgehead atoms. The Kier molecular flexibility index (Phi) is 4.53. The zero-order valence-electron chi connectivity index (χ0n) is 13.8. The van der Waals surface area contributed by atoms with Gasteiger partial charge in [0, 0.05) is 17.4 Å². The molecule has 1 aromatic heterocycles. The van der Waals surface area contributed by atoms with E-state index in [1.807, 2.05) is 37.4 Å². The third kappa shape index (κ3) is 3.56. The van der Waals surface area contributed by atoms with E-state index in [0.717, 1.165) is 11.3 Å². The van der Waals surface area contributed by atoms with Crippen molar-refractivity contribution in [2.45, 2.75) is 33.3 Å². The molecule has 2 aromatic rings. The van der Waals surface area contributed by atoms with Crippen LogP contribution in [0.4, 0.5) is 10.8 Å². The molecule has 2 heterocycles. The number of carbonyl (C=O) groups excluding carboxylic acids is 2. The normalized spacial score (nSPS) is 16.3. The van der Waals surface area contributed by atoms with Crippen LogP contribution >= 0.6 is 11.3 Å². The zero-order valence-corrected chi connectivity index (χ0v) is 14.6. The van der Waals surface area contributed by atoms with Crippen LogP contribution in [-0.4, -0.2) is 22.9 Å². The number of nitrogens with one attached hydrogen (secondary N) is 2. The van der Waals surface area contributed by atoms with Gasteiger partial charge in [-0.1, -0.05) is 13.8 Å². The number of fused-ring (bicyclic) bond motifs is 1. The smallest absolute Gasteiger partial charge is 0.265 e. The van der Waals surface area contributed by atoms with E-state index in [1.54, 1.807) is 6.92 Å². The Morgan fingerprint density at radius 1 is 1.46 bits per heavy atom. The van der Waals surface area contributed by atoms with Crippen LogP contribution in [0.25, 0.3) is 11.3 Å². The number of ether oxygens (including phenoxy) is 1. The average molecular weight is 345 g/mol. The minimum atomic E-state index is -0.495. The number of nitrogens with zero attached hydrogens (tertiary/aromatic N) is 1. The molecule has 1 aliphatic rings. The van der Waals surface area contributed by atoms with E-state index in [9.17, 15) is 9.59 Å². The zero-order chi connectivity index (χ0) is 17.3. The second-order valence-electron chi connectivity index (χ2n) is 6.14. The average Bonchev–Trinajstić information content (AvgIpc) is 2.95. The molecule has 0 saturated carbocycles. The second kappa shape index (κ2) is 6.60. The molecule has 2 amide bonds. The summed E-state index contributed by atoms with van der Waals surface area (Å²) in [5.41, 5.74) is 2.23. The Balaban J connectivity index is 1.77. The summed E-state index contributed by atoms with van der Waals surface area (Å²) in [4.78, 5) is 28.0. The first-order valence-electron chi connectivity index (χ1n) is 7.79. The van der Waals surface area contributed by atoms with Crippen LogP contribution in [0.5, 0.6) is 5.75 Å². The van der Waals surface area contributed by atoms with Crippen molar-refractivity contribution in [1.29, 1.82) is 0 Å². The fourth-order valence-electron chi connectivity index (χ4n) is 2.37. The first-order valence-corrected chi connectivity index (χ1v) is 8.67. The van der Waals surface area contributed by atoms with Crippen molar-refractivity contribution in [3.05, 3.63) is 23.6 Å². The fraction of sp³-hybridized carbons (Fsp3) is 0.353. The quantitative estimate of drug-likeness (QED) is 0.888. The molecule has 7 heteroatoms. The monoisotopic (exact) mass is 345 g/mol. The van der Waals surface area contributed by atoms with E-state index in [1.165, 1.54) is 11.3 Å². The van der Waals surface area contributed by atoms with Gasteiger partial charge in [0.15, 0.2) is 11.2 Å². The lowest BCUT2D eigenvalue weighted by molar-refractivity contribution is -0.122. The second-order valence-corrected chi connectivity index (χ2v) is 7.00. The first-order chi connectivity index (χ1) is 11.4. The fourth-order valence-corrected chi connectivity index (χ4v) is 3.11. The van der Waals surface area contributed by atoms with Gasteiger partial charge in [0.1, 0.15) is 5.75 Å². The Labute approximate surface area is 144 Å². The Hall–Kier alpha value is -2.41. The highest BCUT2D eigenvalue weighted by atomic mass is 32.1. The number of thiazole rings is 1. The SMILES string of the molecule is CC(C)CC(=O)Nc1nc(-c2ccc3c(c2)NC(=O)[C@H](C)O3)cs1. The van der Waals surface area contributed by atoms with Crippen LogP contribution in [0.2, 0.25) is 0 Å². The summed E-state index contributed by atoms with van der Waals surface area (Å²) in [6.07, 6.45) is -0.0274. The number of aromatic nitrogens is 1. The van der Waals surface area contributed by atoms with Gasteiger partial charge in [-0.05, 0) is 31.0 Å². The van der Waals surface area contributed by atoms with Crippen molar-refractivity contribution < 1.29 is 14.3 Å². The standard InChI is InChI=1S/C17H19N3O3S/c1-9(2)6-15(21)20-17-19-13(8-24-17)11-4-5-14-12(7-11)18-16(22)10(3)23-14/h4-5,7-10H,6H2,1-3H3,(H,18,22)(H,19,20,21)/t10-/m0/s1. The van der Waals surface area contributed by atoms with Crippen molar-refractivity contribution in [2.75, 3.05) is 10.6 Å². The number of benzene rings is 1. The molecule has 2 N–H and O–H groups in total. The summed E-state index contributed by atoms with van der Waals surface area (Å²) in [5, 5.41) is 8.08. The molecule has 6 nitrogen and oxygen atoms in total. The summed E-state index contributed by atoms with van der Waals surface area (Å²) in [6, 6.07) is 5.53. The van der Waals surface area contributed by atoms with Crippen molar-refractivity contribution >= 4 is 34.0 Å². The molecule has 0 saturated heterocycles. The minimum Gasteiger partial charge on any atom is -0.479 e. The molecule has 126 valence electrons. The molecule has 0 radical (unpaired) electrons. The van der Waals surface area contributed by atoms with Crippen molar-refractivity contribution in [2.24, 2.45) is 5.92 Å². The molecule has 1 aliphatic heterocycles. The molecule has 0 unspecified atom stereocenters. The third-order valence-corrected chi connectivity index (χ3v) is 4.31. The molecule has 3 rings (SSSR count). The van der Waals surface area contributed by atoms with E-state index in [-0.39, 0.29) is 11.8 Å². The highest BCUT2D eigenvalue weighted by Gasteiger charge is 2.23. The summed E-state index contributed by atoms with van der Waals surface area (Å²) in [7, 11) is 0. The number of anilines is 2. The maximum Gasteiger partial charge on any atom is 0.265 e. The van der Waals surface area contributed by atoms with E-state index in [4.69, 9.17) is 4.74 Å². The van der Waals surface area contributed by atoms with Gasteiger partial charge in [-0.2, -0.15) is 0 Å². The summed E-state index contributed by atoms with van der Waals surface area (Å²) in [5.74, 6) is 0.744. The van der Waals surface area contributed by atoms with Crippen molar-refractivity contribution in [1.82, 2.24) is 4.98 Å². The van der Waals surface area contributed by atoms with Gasteiger partial charge < -0.3 is 15.4 Å². The Morgan fingerprint density at radius 3 is 3.00 bits per heavy atom. The number of amides is 2. The Morgan fingerprint density at radius 2 is 2.25 bits per heavy atom. The maximum absolute atomic E-state index is 11.8. The van der Waals surface area contributed by atoms with E-state index in [0.29, 0.717) is 28.9 Å². The maximum atomic E-state index is 11.8. The molecule has 0 aliphatic carbocycles. The van der Waals surface area contributed by atoms with Crippen molar-refractivity contribution in [3.8, 4) is 17.0 Å². The topological polar surface area (TPSA) is 80.3 Å². The summed E-state index contributed by atoms with van der Waals surface area (Å²) < 4.78 is 5.54. The lowest BCUT2D eigenvalue weighted by atomic mass is 10.1. The van der Waals surface area contributed by atoms with Gasteiger partial charge >= 0.3 is 0 Å². The van der Waals surface area contributed by atoms with E-state index in [2.05, 4.69) is 15.6 Å². The van der Waals surface area contributed by atoms with Gasteiger partial charge in [-0.15, -0.1) is 11.3 Å². The first kappa shape index (κ1) is 16.4.